The quantitative estimate of drug-likeness (QED) is 0.613. The Morgan fingerprint density at radius 2 is 1.84 bits per heavy atom. The number of benzene rings is 2. The Morgan fingerprint density at radius 3 is 2.44 bits per heavy atom. The fraction of sp³-hybridized carbons (Fsp3) is 0.263. The van der Waals surface area contributed by atoms with Gasteiger partial charge < -0.3 is 19.3 Å². The van der Waals surface area contributed by atoms with Crippen LogP contribution in [0.4, 0.5) is 0 Å². The molecule has 1 N–H and O–H groups in total. The van der Waals surface area contributed by atoms with Crippen molar-refractivity contribution in [3.8, 4) is 11.5 Å². The highest BCUT2D eigenvalue weighted by molar-refractivity contribution is 6.01. The number of carbonyl (C=O) groups excluding carboxylic acids is 1. The number of carboxylic acids is 1. The normalized spacial score (nSPS) is 11.2. The van der Waals surface area contributed by atoms with Crippen molar-refractivity contribution in [1.29, 1.82) is 0 Å². The predicted molar refractivity (Wildman–Crippen MR) is 93.9 cm³/mol. The number of rotatable bonds is 7. The number of fused-ring (bicyclic) bond motifs is 1. The summed E-state index contributed by atoms with van der Waals surface area (Å²) in [6, 6.07) is 9.14. The van der Waals surface area contributed by atoms with E-state index in [4.69, 9.17) is 19.3 Å². The Bertz CT molecular complexity index is 822. The molecule has 2 aromatic carbocycles. The lowest BCUT2D eigenvalue weighted by molar-refractivity contribution is -0.142. The Balaban J connectivity index is 2.61. The highest BCUT2D eigenvalue weighted by Crippen LogP contribution is 2.36. The molecule has 0 radical (unpaired) electrons. The average Bonchev–Trinajstić information content (AvgIpc) is 2.60. The summed E-state index contributed by atoms with van der Waals surface area (Å²) >= 11 is 0. The first kappa shape index (κ1) is 18.3. The summed E-state index contributed by atoms with van der Waals surface area (Å²) in [5.41, 5.74) is 0.641. The van der Waals surface area contributed by atoms with E-state index in [1.165, 1.54) is 13.2 Å². The molecule has 0 spiro atoms. The number of hydrogen-bond donors (Lipinski definition) is 1. The number of esters is 1. The van der Waals surface area contributed by atoms with Crippen molar-refractivity contribution >= 4 is 28.8 Å². The van der Waals surface area contributed by atoms with Gasteiger partial charge in [0.1, 0.15) is 11.5 Å². The minimum atomic E-state index is -1.11. The highest BCUT2D eigenvalue weighted by atomic mass is 16.5. The van der Waals surface area contributed by atoms with Crippen molar-refractivity contribution in [2.24, 2.45) is 0 Å². The van der Waals surface area contributed by atoms with Crippen molar-refractivity contribution in [1.82, 2.24) is 0 Å². The van der Waals surface area contributed by atoms with Gasteiger partial charge in [0.2, 0.25) is 0 Å². The molecule has 0 aliphatic heterocycles. The minimum Gasteiger partial charge on any atom is -0.496 e. The molecule has 2 rings (SSSR count). The topological polar surface area (TPSA) is 82.1 Å². The van der Waals surface area contributed by atoms with E-state index in [0.717, 1.165) is 10.8 Å². The summed E-state index contributed by atoms with van der Waals surface area (Å²) in [5.74, 6) is -0.538. The van der Waals surface area contributed by atoms with Gasteiger partial charge in [0, 0.05) is 21.9 Å². The lowest BCUT2D eigenvalue weighted by atomic mass is 10.0. The molecule has 0 heterocycles. The van der Waals surface area contributed by atoms with Gasteiger partial charge in [0.05, 0.1) is 27.2 Å². The largest absolute Gasteiger partial charge is 0.496 e. The van der Waals surface area contributed by atoms with Crippen molar-refractivity contribution < 1.29 is 28.9 Å². The molecule has 6 nitrogen and oxygen atoms in total. The maximum absolute atomic E-state index is 12.0. The third-order valence-electron chi connectivity index (χ3n) is 3.64. The zero-order chi connectivity index (χ0) is 18.4. The second-order valence-corrected chi connectivity index (χ2v) is 5.20. The molecule has 0 fully saturated rings. The molecular formula is C19H20O6. The van der Waals surface area contributed by atoms with E-state index in [1.54, 1.807) is 20.1 Å². The smallest absolute Gasteiger partial charge is 0.334 e. The van der Waals surface area contributed by atoms with E-state index < -0.39 is 18.4 Å². The molecule has 0 amide bonds. The third kappa shape index (κ3) is 4.09. The van der Waals surface area contributed by atoms with Crippen LogP contribution in [0, 0.1) is 0 Å². The number of carbonyl (C=O) groups is 2. The maximum Gasteiger partial charge on any atom is 0.334 e. The third-order valence-corrected chi connectivity index (χ3v) is 3.64. The standard InChI is InChI=1S/C19H20O6/c1-4-25-19(22)13(11-17(20)21)10-12-8-9-14-15(18(12)24-3)6-5-7-16(14)23-2/h5-10H,4,11H2,1-3H3,(H,20,21)/b13-10+. The first-order chi connectivity index (χ1) is 12.0. The zero-order valence-electron chi connectivity index (χ0n) is 14.4. The van der Waals surface area contributed by atoms with Gasteiger partial charge in [-0.05, 0) is 25.1 Å². The van der Waals surface area contributed by atoms with E-state index in [9.17, 15) is 9.59 Å². The Labute approximate surface area is 145 Å². The summed E-state index contributed by atoms with van der Waals surface area (Å²) < 4.78 is 15.8. The van der Waals surface area contributed by atoms with Crippen LogP contribution in [0.1, 0.15) is 18.9 Å². The minimum absolute atomic E-state index is 0.0508. The lowest BCUT2D eigenvalue weighted by Gasteiger charge is -2.13. The summed E-state index contributed by atoms with van der Waals surface area (Å²) in [6.07, 6.45) is 1.06. The zero-order valence-corrected chi connectivity index (χ0v) is 14.4. The second-order valence-electron chi connectivity index (χ2n) is 5.20. The molecule has 0 atom stereocenters. The van der Waals surface area contributed by atoms with Crippen molar-refractivity contribution in [2.75, 3.05) is 20.8 Å². The van der Waals surface area contributed by atoms with Crippen LogP contribution >= 0.6 is 0 Å². The summed E-state index contributed by atoms with van der Waals surface area (Å²) in [7, 11) is 3.10. The van der Waals surface area contributed by atoms with Gasteiger partial charge in [-0.15, -0.1) is 0 Å². The van der Waals surface area contributed by atoms with E-state index in [-0.39, 0.29) is 12.2 Å². The van der Waals surface area contributed by atoms with Crippen LogP contribution in [-0.4, -0.2) is 37.9 Å². The van der Waals surface area contributed by atoms with Crippen molar-refractivity contribution in [2.45, 2.75) is 13.3 Å². The molecule has 0 aliphatic rings. The van der Waals surface area contributed by atoms with Crippen LogP contribution in [0.5, 0.6) is 11.5 Å². The fourth-order valence-corrected chi connectivity index (χ4v) is 2.59. The molecular weight excluding hydrogens is 324 g/mol. The number of methoxy groups -OCH3 is 2. The molecule has 0 unspecified atom stereocenters. The lowest BCUT2D eigenvalue weighted by Crippen LogP contribution is -2.11. The molecule has 0 saturated carbocycles. The SMILES string of the molecule is CCOC(=O)/C(=C/c1ccc2c(OC)cccc2c1OC)CC(=O)O. The van der Waals surface area contributed by atoms with E-state index >= 15 is 0 Å². The van der Waals surface area contributed by atoms with Gasteiger partial charge >= 0.3 is 11.9 Å². The van der Waals surface area contributed by atoms with Gasteiger partial charge in [0.25, 0.3) is 0 Å². The van der Waals surface area contributed by atoms with E-state index in [1.807, 2.05) is 24.3 Å². The van der Waals surface area contributed by atoms with Crippen LogP contribution in [0.3, 0.4) is 0 Å². The first-order valence-corrected chi connectivity index (χ1v) is 7.75. The molecule has 6 heteroatoms. The predicted octanol–water partition coefficient (Wildman–Crippen LogP) is 3.28. The van der Waals surface area contributed by atoms with Crippen LogP contribution in [-0.2, 0) is 14.3 Å². The summed E-state index contributed by atoms with van der Waals surface area (Å²) in [4.78, 5) is 23.1. The van der Waals surface area contributed by atoms with Crippen LogP contribution in [0.2, 0.25) is 0 Å². The molecule has 25 heavy (non-hydrogen) atoms. The van der Waals surface area contributed by atoms with Crippen molar-refractivity contribution in [3.05, 3.63) is 41.5 Å². The number of aliphatic carboxylic acids is 1. The summed E-state index contributed by atoms with van der Waals surface area (Å²) in [5, 5.41) is 10.7. The van der Waals surface area contributed by atoms with Gasteiger partial charge in [-0.3, -0.25) is 4.79 Å². The molecule has 0 bridgehead atoms. The fourth-order valence-electron chi connectivity index (χ4n) is 2.59. The first-order valence-electron chi connectivity index (χ1n) is 7.75. The van der Waals surface area contributed by atoms with Crippen molar-refractivity contribution in [3.63, 3.8) is 0 Å². The monoisotopic (exact) mass is 344 g/mol. The Morgan fingerprint density at radius 1 is 1.08 bits per heavy atom. The average molecular weight is 344 g/mol. The van der Waals surface area contributed by atoms with Crippen LogP contribution < -0.4 is 9.47 Å². The Hall–Kier alpha value is -3.02. The van der Waals surface area contributed by atoms with Gasteiger partial charge in [-0.2, -0.15) is 0 Å². The maximum atomic E-state index is 12.0. The van der Waals surface area contributed by atoms with Gasteiger partial charge in [0.15, 0.2) is 0 Å². The van der Waals surface area contributed by atoms with E-state index in [0.29, 0.717) is 17.1 Å². The molecule has 2 aromatic rings. The molecule has 0 saturated heterocycles. The van der Waals surface area contributed by atoms with Crippen LogP contribution in [0.15, 0.2) is 35.9 Å². The highest BCUT2D eigenvalue weighted by Gasteiger charge is 2.17. The van der Waals surface area contributed by atoms with Crippen LogP contribution in [0.25, 0.3) is 16.8 Å². The number of hydrogen-bond acceptors (Lipinski definition) is 5. The van der Waals surface area contributed by atoms with E-state index in [2.05, 4.69) is 0 Å². The number of ether oxygens (including phenoxy) is 3. The molecule has 0 aliphatic carbocycles. The van der Waals surface area contributed by atoms with Gasteiger partial charge in [-0.1, -0.05) is 18.2 Å². The second kappa shape index (κ2) is 8.19. The molecule has 0 aromatic heterocycles. The Kier molecular flexibility index (Phi) is 6.00. The number of carboxylic acid groups (broad SMARTS) is 1. The summed E-state index contributed by atoms with van der Waals surface area (Å²) in [6.45, 7) is 1.83. The molecule has 132 valence electrons. The van der Waals surface area contributed by atoms with Gasteiger partial charge in [-0.25, -0.2) is 4.79 Å².